The van der Waals surface area contributed by atoms with Crippen LogP contribution in [0.3, 0.4) is 0 Å². The largest absolute Gasteiger partial charge is 0.481 e. The molecule has 0 saturated heterocycles. The summed E-state index contributed by atoms with van der Waals surface area (Å²) in [6.07, 6.45) is 3.54. The van der Waals surface area contributed by atoms with Gasteiger partial charge in [0.2, 0.25) is 0 Å². The van der Waals surface area contributed by atoms with E-state index in [1.54, 1.807) is 24.8 Å². The zero-order valence-corrected chi connectivity index (χ0v) is 22.4. The Kier molecular flexibility index (Phi) is 15.6. The average molecular weight is 527 g/mol. The number of thioether (sulfide) groups is 2. The van der Waals surface area contributed by atoms with E-state index >= 15 is 0 Å². The zero-order valence-electron chi connectivity index (χ0n) is 20.0. The molecule has 0 aliphatic rings. The van der Waals surface area contributed by atoms with Gasteiger partial charge >= 0.3 is 17.9 Å². The van der Waals surface area contributed by atoms with Crippen molar-refractivity contribution in [3.63, 3.8) is 0 Å². The van der Waals surface area contributed by atoms with Crippen LogP contribution in [0, 0.1) is 11.8 Å². The number of hydrogen-bond donors (Lipinski definition) is 1. The summed E-state index contributed by atoms with van der Waals surface area (Å²) in [7, 11) is 0. The molecule has 2 unspecified atom stereocenters. The Hall–Kier alpha value is -1.84. The van der Waals surface area contributed by atoms with Gasteiger partial charge in [0, 0.05) is 11.3 Å². The molecule has 0 aromatic heterocycles. The number of carbonyl (C=O) groups is 3. The normalized spacial score (nSPS) is 13.1. The van der Waals surface area contributed by atoms with Crippen molar-refractivity contribution in [1.82, 2.24) is 0 Å². The van der Waals surface area contributed by atoms with Gasteiger partial charge in [-0.3, -0.25) is 9.59 Å². The molecule has 1 N–H and O–H groups in total. The summed E-state index contributed by atoms with van der Waals surface area (Å²) < 4.78 is 11.5. The van der Waals surface area contributed by atoms with Gasteiger partial charge in [-0.15, -0.1) is 23.5 Å². The van der Waals surface area contributed by atoms with Crippen LogP contribution in [0.4, 0.5) is 0 Å². The number of unbranched alkanes of at least 4 members (excludes halogenated alkanes) is 1. The third kappa shape index (κ3) is 13.2. The van der Waals surface area contributed by atoms with E-state index in [-0.39, 0.29) is 25.1 Å². The van der Waals surface area contributed by atoms with Crippen molar-refractivity contribution < 1.29 is 29.0 Å². The molecule has 2 atom stereocenters. The lowest BCUT2D eigenvalue weighted by Gasteiger charge is -2.12. The van der Waals surface area contributed by atoms with Gasteiger partial charge in [-0.1, -0.05) is 63.3 Å². The van der Waals surface area contributed by atoms with Gasteiger partial charge in [-0.05, 0) is 43.1 Å². The molecule has 34 heavy (non-hydrogen) atoms. The highest BCUT2D eigenvalue weighted by Gasteiger charge is 2.17. The van der Waals surface area contributed by atoms with Crippen LogP contribution in [-0.4, -0.2) is 51.3 Å². The number of rotatable bonds is 15. The van der Waals surface area contributed by atoms with Crippen LogP contribution in [0.2, 0.25) is 0 Å². The number of hydrogen-bond acceptors (Lipinski definition) is 8. The van der Waals surface area contributed by atoms with Crippen molar-refractivity contribution in [3.05, 3.63) is 41.5 Å². The van der Waals surface area contributed by atoms with Crippen LogP contribution in [0.5, 0.6) is 0 Å². The molecular weight excluding hydrogens is 492 g/mol. The lowest BCUT2D eigenvalue weighted by Crippen LogP contribution is -2.18. The van der Waals surface area contributed by atoms with Crippen molar-refractivity contribution in [3.8, 4) is 0 Å². The molecule has 0 bridgehead atoms. The lowest BCUT2D eigenvalue weighted by molar-refractivity contribution is -0.147. The second-order valence-corrected chi connectivity index (χ2v) is 11.3. The number of ether oxygens (including phenoxy) is 2. The van der Waals surface area contributed by atoms with Gasteiger partial charge < -0.3 is 14.6 Å². The molecule has 0 heterocycles. The molecule has 0 fully saturated rings. The fourth-order valence-electron chi connectivity index (χ4n) is 2.68. The van der Waals surface area contributed by atoms with Crippen molar-refractivity contribution in [2.24, 2.45) is 11.8 Å². The predicted octanol–water partition coefficient (Wildman–Crippen LogP) is 5.84. The molecular formula is C25H34O6S3. The molecule has 1 aromatic carbocycles. The maximum Gasteiger partial charge on any atom is 0.334 e. The molecule has 6 nitrogen and oxygen atoms in total. The van der Waals surface area contributed by atoms with E-state index in [2.05, 4.69) is 0 Å². The minimum absolute atomic E-state index is 0.199. The van der Waals surface area contributed by atoms with Gasteiger partial charge in [0.05, 0.1) is 25.0 Å². The van der Waals surface area contributed by atoms with E-state index in [9.17, 15) is 14.4 Å². The second kappa shape index (κ2) is 17.6. The van der Waals surface area contributed by atoms with Crippen LogP contribution in [0.15, 0.2) is 35.9 Å². The van der Waals surface area contributed by atoms with Crippen molar-refractivity contribution in [2.75, 3.05) is 24.7 Å². The summed E-state index contributed by atoms with van der Waals surface area (Å²) in [5, 5.41) is 9.12. The molecule has 1 rings (SSSR count). The third-order valence-corrected chi connectivity index (χ3v) is 7.64. The zero-order chi connectivity index (χ0) is 25.3. The average Bonchev–Trinajstić information content (AvgIpc) is 2.82. The Morgan fingerprint density at radius 3 is 2.29 bits per heavy atom. The van der Waals surface area contributed by atoms with Crippen molar-refractivity contribution >= 4 is 63.3 Å². The molecule has 1 aromatic rings. The van der Waals surface area contributed by atoms with E-state index in [0.717, 1.165) is 14.8 Å². The molecule has 9 heteroatoms. The molecule has 0 amide bonds. The minimum Gasteiger partial charge on any atom is -0.481 e. The standard InChI is InChI=1S/C25H34O6S3/c1-4-33-25(32)34-17-19(3)23(28)30-14-8-9-15-31-24(29)21(13-12-18(2)22(26)27)16-20-10-6-5-7-11-20/h5-7,10-11,16,18-19H,4,8-9,12-15,17H2,1-3H3,(H,26,27)/b21-16+. The summed E-state index contributed by atoms with van der Waals surface area (Å²) >= 11 is 8.30. The van der Waals surface area contributed by atoms with Crippen molar-refractivity contribution in [1.29, 1.82) is 0 Å². The smallest absolute Gasteiger partial charge is 0.334 e. The number of carbonyl (C=O) groups excluding carboxylic acids is 2. The van der Waals surface area contributed by atoms with Gasteiger partial charge in [-0.25, -0.2) is 4.79 Å². The van der Waals surface area contributed by atoms with E-state index in [0.29, 0.717) is 37.0 Å². The fraction of sp³-hybridized carbons (Fsp3) is 0.520. The Balaban J connectivity index is 2.41. The van der Waals surface area contributed by atoms with Crippen LogP contribution in [0.1, 0.15) is 52.0 Å². The molecule has 0 spiro atoms. The number of carboxylic acid groups (broad SMARTS) is 1. The molecule has 0 aliphatic heterocycles. The van der Waals surface area contributed by atoms with E-state index in [4.69, 9.17) is 26.8 Å². The molecule has 0 aliphatic carbocycles. The summed E-state index contributed by atoms with van der Waals surface area (Å²) in [5.41, 5.74) is 1.29. The SMILES string of the molecule is CCSC(=S)SCC(C)C(=O)OCCCCOC(=O)/C(=C/c1ccccc1)CCC(C)C(=O)O. The maximum atomic E-state index is 12.6. The Labute approximate surface area is 216 Å². The van der Waals surface area contributed by atoms with Gasteiger partial charge in [0.1, 0.15) is 3.53 Å². The first kappa shape index (κ1) is 30.2. The van der Waals surface area contributed by atoms with E-state index in [1.165, 1.54) is 11.8 Å². The monoisotopic (exact) mass is 526 g/mol. The highest BCUT2D eigenvalue weighted by Crippen LogP contribution is 2.20. The predicted molar refractivity (Wildman–Crippen MR) is 144 cm³/mol. The first-order valence-corrected chi connectivity index (χ1v) is 13.7. The van der Waals surface area contributed by atoms with Crippen LogP contribution in [0.25, 0.3) is 6.08 Å². The number of benzene rings is 1. The summed E-state index contributed by atoms with van der Waals surface area (Å²) in [6.45, 7) is 5.94. The van der Waals surface area contributed by atoms with Crippen LogP contribution in [-0.2, 0) is 23.9 Å². The summed E-state index contributed by atoms with van der Waals surface area (Å²) in [5.74, 6) is -0.878. The quantitative estimate of drug-likeness (QED) is 0.131. The number of aliphatic carboxylic acids is 1. The summed E-state index contributed by atoms with van der Waals surface area (Å²) in [6, 6.07) is 9.37. The number of esters is 2. The Bertz CT molecular complexity index is 825. The topological polar surface area (TPSA) is 89.9 Å². The van der Waals surface area contributed by atoms with Crippen molar-refractivity contribution in [2.45, 2.75) is 46.5 Å². The van der Waals surface area contributed by atoms with E-state index in [1.807, 2.05) is 44.2 Å². The third-order valence-electron chi connectivity index (χ3n) is 4.80. The minimum atomic E-state index is -0.891. The van der Waals surface area contributed by atoms with Gasteiger partial charge in [0.25, 0.3) is 0 Å². The maximum absolute atomic E-state index is 12.6. The molecule has 0 saturated carbocycles. The van der Waals surface area contributed by atoms with Gasteiger partial charge in [-0.2, -0.15) is 0 Å². The summed E-state index contributed by atoms with van der Waals surface area (Å²) in [4.78, 5) is 35.8. The fourth-order valence-corrected chi connectivity index (χ4v) is 4.88. The number of thiocarbonyl (C=S) groups is 1. The highest BCUT2D eigenvalue weighted by molar-refractivity contribution is 8.47. The Morgan fingerprint density at radius 1 is 1.03 bits per heavy atom. The highest BCUT2D eigenvalue weighted by atomic mass is 32.2. The van der Waals surface area contributed by atoms with Gasteiger partial charge in [0.15, 0.2) is 0 Å². The Morgan fingerprint density at radius 2 is 1.68 bits per heavy atom. The van der Waals surface area contributed by atoms with Crippen LogP contribution >= 0.6 is 35.7 Å². The van der Waals surface area contributed by atoms with Crippen LogP contribution < -0.4 is 0 Å². The first-order chi connectivity index (χ1) is 16.2. The lowest BCUT2D eigenvalue weighted by atomic mass is 9.99. The second-order valence-electron chi connectivity index (χ2n) is 7.76. The first-order valence-electron chi connectivity index (χ1n) is 11.4. The van der Waals surface area contributed by atoms with E-state index < -0.39 is 17.9 Å². The molecule has 0 radical (unpaired) electrons. The number of carboxylic acids is 1. The molecule has 188 valence electrons.